The largest absolute Gasteiger partial charge is 0.393 e. The van der Waals surface area contributed by atoms with Crippen molar-refractivity contribution >= 4 is 11.8 Å². The zero-order valence-electron chi connectivity index (χ0n) is 7.94. The maximum atomic E-state index is 9.32. The number of hydrogen-bond donors (Lipinski definition) is 1. The second kappa shape index (κ2) is 6.06. The lowest BCUT2D eigenvalue weighted by molar-refractivity contribution is 0.167. The molecule has 72 valence electrons. The Kier molecular flexibility index (Phi) is 4.94. The lowest BCUT2D eigenvalue weighted by Crippen LogP contribution is -2.04. The lowest BCUT2D eigenvalue weighted by Gasteiger charge is -2.06. The number of aliphatic hydroxyl groups is 1. The molecule has 1 aromatic carbocycles. The van der Waals surface area contributed by atoms with Crippen molar-refractivity contribution < 1.29 is 5.11 Å². The van der Waals surface area contributed by atoms with Gasteiger partial charge >= 0.3 is 0 Å². The first-order valence-corrected chi connectivity index (χ1v) is 5.67. The Morgan fingerprint density at radius 2 is 2.00 bits per heavy atom. The smallest absolute Gasteiger partial charge is 0.0545 e. The Morgan fingerprint density at radius 1 is 1.31 bits per heavy atom. The minimum Gasteiger partial charge on any atom is -0.393 e. The van der Waals surface area contributed by atoms with Crippen molar-refractivity contribution in [2.45, 2.75) is 30.8 Å². The minimum absolute atomic E-state index is 0.129. The van der Waals surface area contributed by atoms with E-state index >= 15 is 0 Å². The fourth-order valence-corrected chi connectivity index (χ4v) is 2.01. The molecule has 0 bridgehead atoms. The molecule has 0 aromatic heterocycles. The van der Waals surface area contributed by atoms with Crippen LogP contribution < -0.4 is 0 Å². The highest BCUT2D eigenvalue weighted by molar-refractivity contribution is 7.99. The summed E-state index contributed by atoms with van der Waals surface area (Å²) in [6.45, 7) is 2.01. The third-order valence-electron chi connectivity index (χ3n) is 1.93. The topological polar surface area (TPSA) is 20.2 Å². The Bertz CT molecular complexity index is 223. The van der Waals surface area contributed by atoms with Gasteiger partial charge in [0.25, 0.3) is 0 Å². The van der Waals surface area contributed by atoms with Crippen LogP contribution in [0.5, 0.6) is 0 Å². The summed E-state index contributed by atoms with van der Waals surface area (Å²) in [5.41, 5.74) is 0. The quantitative estimate of drug-likeness (QED) is 0.731. The number of hydrogen-bond acceptors (Lipinski definition) is 2. The van der Waals surface area contributed by atoms with E-state index in [1.807, 2.05) is 25.1 Å². The summed E-state index contributed by atoms with van der Waals surface area (Å²) in [4.78, 5) is 1.28. The van der Waals surface area contributed by atoms with Crippen LogP contribution in [0, 0.1) is 0 Å². The van der Waals surface area contributed by atoms with Crippen LogP contribution in [-0.4, -0.2) is 17.0 Å². The van der Waals surface area contributed by atoms with E-state index in [-0.39, 0.29) is 6.10 Å². The highest BCUT2D eigenvalue weighted by atomic mass is 32.2. The van der Waals surface area contributed by atoms with Crippen LogP contribution >= 0.6 is 11.8 Å². The maximum Gasteiger partial charge on any atom is 0.0545 e. The van der Waals surface area contributed by atoms with Crippen LogP contribution in [0.15, 0.2) is 35.2 Å². The first-order valence-electron chi connectivity index (χ1n) is 4.69. The van der Waals surface area contributed by atoms with Crippen molar-refractivity contribution in [2.75, 3.05) is 5.75 Å². The molecule has 2 heteroatoms. The van der Waals surface area contributed by atoms with Gasteiger partial charge in [-0.25, -0.2) is 0 Å². The van der Waals surface area contributed by atoms with Crippen molar-refractivity contribution in [1.82, 2.24) is 0 Å². The van der Waals surface area contributed by atoms with E-state index < -0.39 is 0 Å². The Balaban J connectivity index is 2.20. The minimum atomic E-state index is -0.129. The summed E-state index contributed by atoms with van der Waals surface area (Å²) in [6, 6.07) is 10.3. The van der Waals surface area contributed by atoms with Gasteiger partial charge in [-0.2, -0.15) is 0 Å². The van der Waals surface area contributed by atoms with Crippen molar-refractivity contribution in [3.8, 4) is 0 Å². The summed E-state index contributed by atoms with van der Waals surface area (Å²) in [5, 5.41) is 9.32. The van der Waals surface area contributed by atoms with Crippen LogP contribution in [0.4, 0.5) is 0 Å². The average molecular weight is 196 g/mol. The molecule has 0 fully saturated rings. The molecule has 1 rings (SSSR count). The van der Waals surface area contributed by atoms with Crippen LogP contribution in [-0.2, 0) is 0 Å². The first kappa shape index (κ1) is 10.6. The Morgan fingerprint density at radius 3 is 2.62 bits per heavy atom. The Labute approximate surface area is 84.2 Å². The van der Waals surface area contributed by atoms with Gasteiger partial charge in [0.2, 0.25) is 0 Å². The van der Waals surface area contributed by atoms with Gasteiger partial charge in [0.05, 0.1) is 6.10 Å². The molecule has 0 unspecified atom stereocenters. The molecule has 0 aliphatic rings. The first-order chi connectivity index (χ1) is 6.33. The van der Waals surface area contributed by atoms with Crippen LogP contribution in [0.25, 0.3) is 0 Å². The molecule has 1 N–H and O–H groups in total. The summed E-state index contributed by atoms with van der Waals surface area (Å²) in [7, 11) is 0. The fourth-order valence-electron chi connectivity index (χ4n) is 1.03. The summed E-state index contributed by atoms with van der Waals surface area (Å²) < 4.78 is 0. The van der Waals surface area contributed by atoms with Crippen LogP contribution in [0.3, 0.4) is 0 Å². The van der Waals surface area contributed by atoms with E-state index in [0.717, 1.165) is 18.6 Å². The van der Waals surface area contributed by atoms with E-state index in [1.54, 1.807) is 11.8 Å². The fraction of sp³-hybridized carbons (Fsp3) is 0.455. The van der Waals surface area contributed by atoms with E-state index in [0.29, 0.717) is 0 Å². The van der Waals surface area contributed by atoms with Gasteiger partial charge < -0.3 is 5.11 Å². The van der Waals surface area contributed by atoms with Gasteiger partial charge in [-0.05, 0) is 25.0 Å². The molecule has 0 heterocycles. The second-order valence-electron chi connectivity index (χ2n) is 3.01. The lowest BCUT2D eigenvalue weighted by atomic mass is 10.2. The molecule has 1 aromatic rings. The van der Waals surface area contributed by atoms with Crippen molar-refractivity contribution in [2.24, 2.45) is 0 Å². The molecule has 0 radical (unpaired) electrons. The van der Waals surface area contributed by atoms with Gasteiger partial charge in [0.15, 0.2) is 0 Å². The number of thioether (sulfide) groups is 1. The average Bonchev–Trinajstić information content (AvgIpc) is 2.19. The Hall–Kier alpha value is -0.470. The highest BCUT2D eigenvalue weighted by Crippen LogP contribution is 2.18. The van der Waals surface area contributed by atoms with E-state index in [4.69, 9.17) is 0 Å². The van der Waals surface area contributed by atoms with Gasteiger partial charge in [0, 0.05) is 10.6 Å². The summed E-state index contributed by atoms with van der Waals surface area (Å²) in [5.74, 6) is 0.999. The predicted molar refractivity (Wildman–Crippen MR) is 58.1 cm³/mol. The monoisotopic (exact) mass is 196 g/mol. The van der Waals surface area contributed by atoms with E-state index in [9.17, 15) is 5.11 Å². The van der Waals surface area contributed by atoms with E-state index in [1.165, 1.54) is 4.90 Å². The van der Waals surface area contributed by atoms with Crippen LogP contribution in [0.1, 0.15) is 19.8 Å². The summed E-state index contributed by atoms with van der Waals surface area (Å²) in [6.07, 6.45) is 1.61. The van der Waals surface area contributed by atoms with Gasteiger partial charge in [0.1, 0.15) is 0 Å². The maximum absolute atomic E-state index is 9.32. The third-order valence-corrected chi connectivity index (χ3v) is 2.98. The predicted octanol–water partition coefficient (Wildman–Crippen LogP) is 2.94. The molecule has 0 saturated carbocycles. The zero-order valence-corrected chi connectivity index (χ0v) is 8.76. The standard InChI is InChI=1S/C11H16OS/c1-2-10(12)8-9-13-11-6-4-3-5-7-11/h3-7,10,12H,2,8-9H2,1H3/t10-/m1/s1. The zero-order chi connectivity index (χ0) is 9.52. The number of aliphatic hydroxyl groups excluding tert-OH is 1. The highest BCUT2D eigenvalue weighted by Gasteiger charge is 2.00. The number of benzene rings is 1. The molecule has 0 spiro atoms. The molecule has 0 amide bonds. The normalized spacial score (nSPS) is 12.8. The molecular formula is C11H16OS. The molecule has 1 nitrogen and oxygen atoms in total. The summed E-state index contributed by atoms with van der Waals surface area (Å²) >= 11 is 1.80. The number of rotatable bonds is 5. The third kappa shape index (κ3) is 4.34. The van der Waals surface area contributed by atoms with Crippen molar-refractivity contribution in [3.63, 3.8) is 0 Å². The van der Waals surface area contributed by atoms with Gasteiger partial charge in [-0.15, -0.1) is 11.8 Å². The molecule has 1 atom stereocenters. The SMILES string of the molecule is CC[C@@H](O)CCSc1ccccc1. The van der Waals surface area contributed by atoms with Crippen molar-refractivity contribution in [3.05, 3.63) is 30.3 Å². The molecule has 0 aliphatic heterocycles. The van der Waals surface area contributed by atoms with Gasteiger partial charge in [-0.3, -0.25) is 0 Å². The van der Waals surface area contributed by atoms with Crippen LogP contribution in [0.2, 0.25) is 0 Å². The molecular weight excluding hydrogens is 180 g/mol. The van der Waals surface area contributed by atoms with E-state index in [2.05, 4.69) is 12.1 Å². The molecule has 13 heavy (non-hydrogen) atoms. The van der Waals surface area contributed by atoms with Crippen molar-refractivity contribution in [1.29, 1.82) is 0 Å². The second-order valence-corrected chi connectivity index (χ2v) is 4.18. The van der Waals surface area contributed by atoms with Gasteiger partial charge in [-0.1, -0.05) is 25.1 Å². The molecule has 0 saturated heterocycles. The molecule has 0 aliphatic carbocycles.